The van der Waals surface area contributed by atoms with Gasteiger partial charge in [0.1, 0.15) is 0 Å². The van der Waals surface area contributed by atoms with Gasteiger partial charge in [-0.05, 0) is 48.4 Å². The van der Waals surface area contributed by atoms with E-state index in [1.54, 1.807) is 0 Å². The minimum Gasteiger partial charge on any atom is -0.338 e. The number of nitrogens with zero attached hydrogens (tertiary/aromatic N) is 1. The van der Waals surface area contributed by atoms with E-state index in [4.69, 9.17) is 0 Å². The van der Waals surface area contributed by atoms with Gasteiger partial charge in [-0.15, -0.1) is 11.3 Å². The quantitative estimate of drug-likeness (QED) is 0.919. The van der Waals surface area contributed by atoms with E-state index in [2.05, 4.69) is 18.3 Å². The lowest BCUT2D eigenvalue weighted by atomic mass is 9.95. The number of aryl methyl sites for hydroxylation is 1. The van der Waals surface area contributed by atoms with Gasteiger partial charge in [0.2, 0.25) is 5.91 Å². The molecular formula is C19H22N2O2S. The molecule has 1 aromatic carbocycles. The van der Waals surface area contributed by atoms with Crippen molar-refractivity contribution in [1.82, 2.24) is 4.90 Å². The molecule has 1 fully saturated rings. The summed E-state index contributed by atoms with van der Waals surface area (Å²) in [5, 5.41) is 4.93. The fourth-order valence-electron chi connectivity index (χ4n) is 3.01. The molecule has 0 spiro atoms. The lowest BCUT2D eigenvalue weighted by Crippen LogP contribution is -2.41. The van der Waals surface area contributed by atoms with E-state index in [-0.39, 0.29) is 17.7 Å². The second kappa shape index (κ2) is 7.62. The Morgan fingerprint density at radius 2 is 2.00 bits per heavy atom. The third kappa shape index (κ3) is 3.85. The molecular weight excluding hydrogens is 320 g/mol. The summed E-state index contributed by atoms with van der Waals surface area (Å²) in [5.74, 6) is 0.119. The third-order valence-corrected chi connectivity index (χ3v) is 5.35. The topological polar surface area (TPSA) is 49.4 Å². The number of thiophene rings is 1. The molecule has 2 heterocycles. The summed E-state index contributed by atoms with van der Waals surface area (Å²) in [6.45, 7) is 3.38. The molecule has 0 radical (unpaired) electrons. The van der Waals surface area contributed by atoms with E-state index in [1.807, 2.05) is 40.6 Å². The van der Waals surface area contributed by atoms with E-state index < -0.39 is 0 Å². The Morgan fingerprint density at radius 3 is 2.67 bits per heavy atom. The van der Waals surface area contributed by atoms with Crippen LogP contribution < -0.4 is 5.32 Å². The predicted molar refractivity (Wildman–Crippen MR) is 97.4 cm³/mol. The van der Waals surface area contributed by atoms with Crippen molar-refractivity contribution in [3.8, 4) is 0 Å². The average molecular weight is 342 g/mol. The maximum atomic E-state index is 12.5. The third-order valence-electron chi connectivity index (χ3n) is 4.49. The zero-order chi connectivity index (χ0) is 16.9. The van der Waals surface area contributed by atoms with Gasteiger partial charge in [-0.1, -0.05) is 25.1 Å². The SMILES string of the molecule is CCc1cccc(NC(=O)C2CCN(C(=O)c3cccs3)CC2)c1. The maximum absolute atomic E-state index is 12.5. The van der Waals surface area contributed by atoms with Gasteiger partial charge in [0.25, 0.3) is 5.91 Å². The summed E-state index contributed by atoms with van der Waals surface area (Å²) >= 11 is 1.47. The van der Waals surface area contributed by atoms with Crippen molar-refractivity contribution in [3.05, 3.63) is 52.2 Å². The van der Waals surface area contributed by atoms with Gasteiger partial charge < -0.3 is 10.2 Å². The standard InChI is InChI=1S/C19H22N2O2S/c1-2-14-5-3-6-16(13-14)20-18(22)15-8-10-21(11-9-15)19(23)17-7-4-12-24-17/h3-7,12-13,15H,2,8-11H2,1H3,(H,20,22). The molecule has 1 aromatic heterocycles. The maximum Gasteiger partial charge on any atom is 0.263 e. The number of hydrogen-bond donors (Lipinski definition) is 1. The number of nitrogens with one attached hydrogen (secondary N) is 1. The molecule has 2 amide bonds. The summed E-state index contributed by atoms with van der Waals surface area (Å²) in [4.78, 5) is 27.4. The highest BCUT2D eigenvalue weighted by molar-refractivity contribution is 7.12. The molecule has 0 bridgehead atoms. The van der Waals surface area contributed by atoms with Crippen molar-refractivity contribution in [2.24, 2.45) is 5.92 Å². The van der Waals surface area contributed by atoms with Crippen LogP contribution in [0.15, 0.2) is 41.8 Å². The molecule has 24 heavy (non-hydrogen) atoms. The summed E-state index contributed by atoms with van der Waals surface area (Å²) in [6, 6.07) is 11.7. The van der Waals surface area contributed by atoms with Crippen LogP contribution in [0, 0.1) is 5.92 Å². The van der Waals surface area contributed by atoms with Crippen molar-refractivity contribution in [2.45, 2.75) is 26.2 Å². The summed E-state index contributed by atoms with van der Waals surface area (Å²) in [5.41, 5.74) is 2.07. The lowest BCUT2D eigenvalue weighted by molar-refractivity contribution is -0.121. The molecule has 4 nitrogen and oxygen atoms in total. The van der Waals surface area contributed by atoms with E-state index in [0.29, 0.717) is 13.1 Å². The zero-order valence-electron chi connectivity index (χ0n) is 13.8. The second-order valence-electron chi connectivity index (χ2n) is 6.09. The van der Waals surface area contributed by atoms with Crippen molar-refractivity contribution in [3.63, 3.8) is 0 Å². The Kier molecular flexibility index (Phi) is 5.30. The van der Waals surface area contributed by atoms with Gasteiger partial charge in [0.05, 0.1) is 4.88 Å². The highest BCUT2D eigenvalue weighted by Crippen LogP contribution is 2.22. The summed E-state index contributed by atoms with van der Waals surface area (Å²) < 4.78 is 0. The first-order valence-electron chi connectivity index (χ1n) is 8.40. The monoisotopic (exact) mass is 342 g/mol. The lowest BCUT2D eigenvalue weighted by Gasteiger charge is -2.31. The van der Waals surface area contributed by atoms with Crippen LogP contribution in [0.3, 0.4) is 0 Å². The zero-order valence-corrected chi connectivity index (χ0v) is 14.6. The largest absolute Gasteiger partial charge is 0.338 e. The number of likely N-dealkylation sites (tertiary alicyclic amines) is 1. The number of carbonyl (C=O) groups is 2. The second-order valence-corrected chi connectivity index (χ2v) is 7.03. The molecule has 1 N–H and O–H groups in total. The van der Waals surface area contributed by atoms with Gasteiger partial charge in [0, 0.05) is 24.7 Å². The van der Waals surface area contributed by atoms with E-state index in [9.17, 15) is 9.59 Å². The molecule has 0 saturated carbocycles. The van der Waals surface area contributed by atoms with E-state index in [0.717, 1.165) is 29.8 Å². The van der Waals surface area contributed by atoms with Gasteiger partial charge >= 0.3 is 0 Å². The van der Waals surface area contributed by atoms with Crippen molar-refractivity contribution in [2.75, 3.05) is 18.4 Å². The molecule has 0 aliphatic carbocycles. The number of benzene rings is 1. The smallest absolute Gasteiger partial charge is 0.263 e. The number of amides is 2. The van der Waals surface area contributed by atoms with Crippen molar-refractivity contribution < 1.29 is 9.59 Å². The fraction of sp³-hybridized carbons (Fsp3) is 0.368. The Morgan fingerprint density at radius 1 is 1.21 bits per heavy atom. The highest BCUT2D eigenvalue weighted by atomic mass is 32.1. The van der Waals surface area contributed by atoms with Crippen LogP contribution in [0.5, 0.6) is 0 Å². The molecule has 5 heteroatoms. The van der Waals surface area contributed by atoms with Crippen LogP contribution in [-0.2, 0) is 11.2 Å². The van der Waals surface area contributed by atoms with Crippen LogP contribution in [0.25, 0.3) is 0 Å². The van der Waals surface area contributed by atoms with E-state index >= 15 is 0 Å². The molecule has 2 aromatic rings. The van der Waals surface area contributed by atoms with Crippen molar-refractivity contribution >= 4 is 28.8 Å². The average Bonchev–Trinajstić information content (AvgIpc) is 3.16. The number of piperidine rings is 1. The van der Waals surface area contributed by atoms with Crippen LogP contribution in [0.1, 0.15) is 35.0 Å². The Labute approximate surface area is 146 Å². The molecule has 0 unspecified atom stereocenters. The molecule has 3 rings (SSSR count). The number of anilines is 1. The highest BCUT2D eigenvalue weighted by Gasteiger charge is 2.28. The van der Waals surface area contributed by atoms with Crippen LogP contribution in [0.2, 0.25) is 0 Å². The summed E-state index contributed by atoms with van der Waals surface area (Å²) in [6.07, 6.45) is 2.39. The molecule has 1 aliphatic heterocycles. The first-order valence-corrected chi connectivity index (χ1v) is 9.28. The minimum absolute atomic E-state index is 0.0253. The first-order chi connectivity index (χ1) is 11.7. The first kappa shape index (κ1) is 16.7. The predicted octanol–water partition coefficient (Wildman–Crippen LogP) is 3.80. The number of carbonyl (C=O) groups excluding carboxylic acids is 2. The molecule has 1 saturated heterocycles. The molecule has 0 atom stereocenters. The summed E-state index contributed by atoms with van der Waals surface area (Å²) in [7, 11) is 0. The number of hydrogen-bond acceptors (Lipinski definition) is 3. The van der Waals surface area contributed by atoms with Crippen LogP contribution >= 0.6 is 11.3 Å². The molecule has 126 valence electrons. The normalized spacial score (nSPS) is 15.3. The number of rotatable bonds is 4. The Bertz CT molecular complexity index is 704. The van der Waals surface area contributed by atoms with Gasteiger partial charge in [-0.2, -0.15) is 0 Å². The van der Waals surface area contributed by atoms with Crippen molar-refractivity contribution in [1.29, 1.82) is 0 Å². The Hall–Kier alpha value is -2.14. The minimum atomic E-state index is -0.0253. The van der Waals surface area contributed by atoms with Gasteiger partial charge in [0.15, 0.2) is 0 Å². The van der Waals surface area contributed by atoms with Gasteiger partial charge in [-0.3, -0.25) is 9.59 Å². The van der Waals surface area contributed by atoms with Gasteiger partial charge in [-0.25, -0.2) is 0 Å². The van der Waals surface area contributed by atoms with Crippen LogP contribution in [-0.4, -0.2) is 29.8 Å². The van der Waals surface area contributed by atoms with E-state index in [1.165, 1.54) is 16.9 Å². The fourth-order valence-corrected chi connectivity index (χ4v) is 3.70. The molecule has 1 aliphatic rings. The van der Waals surface area contributed by atoms with Crippen LogP contribution in [0.4, 0.5) is 5.69 Å². The Balaban J connectivity index is 1.54.